The molecule has 0 bridgehead atoms. The van der Waals surface area contributed by atoms with Crippen LogP contribution in [0.1, 0.15) is 31.5 Å². The van der Waals surface area contributed by atoms with E-state index < -0.39 is 5.97 Å². The van der Waals surface area contributed by atoms with Crippen molar-refractivity contribution in [1.82, 2.24) is 14.4 Å². The van der Waals surface area contributed by atoms with Gasteiger partial charge in [-0.2, -0.15) is 0 Å². The number of carbonyl (C=O) groups is 1. The van der Waals surface area contributed by atoms with Gasteiger partial charge in [0.2, 0.25) is 0 Å². The summed E-state index contributed by atoms with van der Waals surface area (Å²) in [4.78, 5) is 19.2. The highest BCUT2D eigenvalue weighted by Crippen LogP contribution is 2.14. The molecule has 2 heterocycles. The van der Waals surface area contributed by atoms with Crippen LogP contribution in [-0.4, -0.2) is 25.4 Å². The molecule has 0 atom stereocenters. The second kappa shape index (κ2) is 5.16. The molecule has 5 heteroatoms. The van der Waals surface area contributed by atoms with E-state index in [0.29, 0.717) is 12.3 Å². The third kappa shape index (κ3) is 2.85. The standard InChI is InChI=1S/C13H17N3O2/c1-9(2)5-10-6-14-8-16-7-11(15-13(10)16)3-4-12(17)18/h6-9H,3-5H2,1-2H3,(H,17,18). The smallest absolute Gasteiger partial charge is 0.303 e. The Morgan fingerprint density at radius 1 is 1.50 bits per heavy atom. The van der Waals surface area contributed by atoms with Gasteiger partial charge in [0.15, 0.2) is 0 Å². The summed E-state index contributed by atoms with van der Waals surface area (Å²) < 4.78 is 1.87. The number of imidazole rings is 1. The molecule has 0 unspecified atom stereocenters. The van der Waals surface area contributed by atoms with E-state index in [0.717, 1.165) is 23.3 Å². The normalized spacial score (nSPS) is 11.3. The van der Waals surface area contributed by atoms with Gasteiger partial charge in [0, 0.05) is 24.4 Å². The monoisotopic (exact) mass is 247 g/mol. The Bertz CT molecular complexity index is 560. The highest BCUT2D eigenvalue weighted by molar-refractivity contribution is 5.67. The summed E-state index contributed by atoms with van der Waals surface area (Å²) in [6.45, 7) is 4.30. The zero-order chi connectivity index (χ0) is 13.1. The Morgan fingerprint density at radius 3 is 2.94 bits per heavy atom. The van der Waals surface area contributed by atoms with Crippen LogP contribution in [0, 0.1) is 5.92 Å². The topological polar surface area (TPSA) is 67.5 Å². The van der Waals surface area contributed by atoms with Crippen LogP contribution < -0.4 is 0 Å². The summed E-state index contributed by atoms with van der Waals surface area (Å²) in [6, 6.07) is 0. The average Bonchev–Trinajstić information content (AvgIpc) is 2.69. The van der Waals surface area contributed by atoms with E-state index in [9.17, 15) is 4.79 Å². The number of rotatable bonds is 5. The van der Waals surface area contributed by atoms with Crippen LogP contribution in [0.3, 0.4) is 0 Å². The Morgan fingerprint density at radius 2 is 2.28 bits per heavy atom. The summed E-state index contributed by atoms with van der Waals surface area (Å²) in [5.41, 5.74) is 2.79. The minimum absolute atomic E-state index is 0.108. The lowest BCUT2D eigenvalue weighted by molar-refractivity contribution is -0.136. The summed E-state index contributed by atoms with van der Waals surface area (Å²) in [7, 11) is 0. The van der Waals surface area contributed by atoms with Gasteiger partial charge in [-0.05, 0) is 12.3 Å². The van der Waals surface area contributed by atoms with Gasteiger partial charge in [-0.15, -0.1) is 0 Å². The Hall–Kier alpha value is -1.91. The second-order valence-electron chi connectivity index (χ2n) is 4.87. The van der Waals surface area contributed by atoms with Crippen LogP contribution in [0.5, 0.6) is 0 Å². The lowest BCUT2D eigenvalue weighted by atomic mass is 10.1. The van der Waals surface area contributed by atoms with Crippen LogP contribution in [0.2, 0.25) is 0 Å². The minimum atomic E-state index is -0.799. The first-order valence-electron chi connectivity index (χ1n) is 6.08. The van der Waals surface area contributed by atoms with Crippen molar-refractivity contribution >= 4 is 11.6 Å². The maximum Gasteiger partial charge on any atom is 0.303 e. The van der Waals surface area contributed by atoms with E-state index in [1.165, 1.54) is 0 Å². The first-order valence-corrected chi connectivity index (χ1v) is 6.08. The van der Waals surface area contributed by atoms with Gasteiger partial charge in [0.05, 0.1) is 12.1 Å². The second-order valence-corrected chi connectivity index (χ2v) is 4.87. The zero-order valence-corrected chi connectivity index (χ0v) is 10.6. The Labute approximate surface area is 105 Å². The van der Waals surface area contributed by atoms with E-state index in [1.54, 1.807) is 6.33 Å². The summed E-state index contributed by atoms with van der Waals surface area (Å²) in [5.74, 6) is -0.259. The van der Waals surface area contributed by atoms with Gasteiger partial charge in [-0.25, -0.2) is 9.97 Å². The Balaban J connectivity index is 2.29. The van der Waals surface area contributed by atoms with Crippen molar-refractivity contribution in [3.63, 3.8) is 0 Å². The molecular formula is C13H17N3O2. The number of carboxylic acids is 1. The van der Waals surface area contributed by atoms with Crippen molar-refractivity contribution in [2.24, 2.45) is 5.92 Å². The summed E-state index contributed by atoms with van der Waals surface area (Å²) in [5, 5.41) is 8.68. The molecule has 0 aliphatic carbocycles. The third-order valence-electron chi connectivity index (χ3n) is 2.71. The molecule has 0 aliphatic heterocycles. The molecule has 0 fully saturated rings. The maximum atomic E-state index is 10.6. The molecule has 0 radical (unpaired) electrons. The van der Waals surface area contributed by atoms with Crippen LogP contribution in [0.4, 0.5) is 0 Å². The van der Waals surface area contributed by atoms with Crippen molar-refractivity contribution in [3.05, 3.63) is 30.0 Å². The highest BCUT2D eigenvalue weighted by Gasteiger charge is 2.09. The first-order chi connectivity index (χ1) is 8.56. The number of aromatic nitrogens is 3. The number of aliphatic carboxylic acids is 1. The SMILES string of the molecule is CC(C)Cc1cncn2cc(CCC(=O)O)nc12. The van der Waals surface area contributed by atoms with Gasteiger partial charge in [0.25, 0.3) is 0 Å². The van der Waals surface area contributed by atoms with Gasteiger partial charge < -0.3 is 5.11 Å². The van der Waals surface area contributed by atoms with Crippen molar-refractivity contribution in [2.75, 3.05) is 0 Å². The lowest BCUT2D eigenvalue weighted by Gasteiger charge is -2.05. The number of fused-ring (bicyclic) bond motifs is 1. The molecule has 0 saturated heterocycles. The molecule has 0 aromatic carbocycles. The third-order valence-corrected chi connectivity index (χ3v) is 2.71. The van der Waals surface area contributed by atoms with Crippen LogP contribution in [0.15, 0.2) is 18.7 Å². The van der Waals surface area contributed by atoms with Gasteiger partial charge in [0.1, 0.15) is 12.0 Å². The average molecular weight is 247 g/mol. The lowest BCUT2D eigenvalue weighted by Crippen LogP contribution is -1.99. The molecule has 2 rings (SSSR count). The van der Waals surface area contributed by atoms with E-state index in [4.69, 9.17) is 5.11 Å². The molecule has 0 saturated carbocycles. The predicted octanol–water partition coefficient (Wildman–Crippen LogP) is 1.95. The summed E-state index contributed by atoms with van der Waals surface area (Å²) >= 11 is 0. The molecule has 2 aromatic rings. The number of nitrogens with zero attached hydrogens (tertiary/aromatic N) is 3. The van der Waals surface area contributed by atoms with Crippen LogP contribution in [0.25, 0.3) is 5.65 Å². The highest BCUT2D eigenvalue weighted by atomic mass is 16.4. The van der Waals surface area contributed by atoms with Gasteiger partial charge in [-0.1, -0.05) is 13.8 Å². The minimum Gasteiger partial charge on any atom is -0.481 e. The first kappa shape index (κ1) is 12.5. The van der Waals surface area contributed by atoms with Crippen LogP contribution in [-0.2, 0) is 17.6 Å². The van der Waals surface area contributed by atoms with Gasteiger partial charge in [-0.3, -0.25) is 9.20 Å². The number of hydrogen-bond acceptors (Lipinski definition) is 3. The molecule has 0 aliphatic rings. The fourth-order valence-corrected chi connectivity index (χ4v) is 1.96. The molecule has 96 valence electrons. The number of aryl methyl sites for hydroxylation is 1. The van der Waals surface area contributed by atoms with Crippen LogP contribution >= 0.6 is 0 Å². The Kier molecular flexibility index (Phi) is 3.60. The van der Waals surface area contributed by atoms with Crippen molar-refractivity contribution in [2.45, 2.75) is 33.1 Å². The zero-order valence-electron chi connectivity index (χ0n) is 10.6. The molecule has 0 spiro atoms. The molecule has 5 nitrogen and oxygen atoms in total. The fourth-order valence-electron chi connectivity index (χ4n) is 1.96. The molecular weight excluding hydrogens is 230 g/mol. The summed E-state index contributed by atoms with van der Waals surface area (Å²) in [6.07, 6.45) is 6.89. The molecule has 1 N–H and O–H groups in total. The number of hydrogen-bond donors (Lipinski definition) is 1. The quantitative estimate of drug-likeness (QED) is 0.876. The van der Waals surface area contributed by atoms with Crippen molar-refractivity contribution in [1.29, 1.82) is 0 Å². The van der Waals surface area contributed by atoms with E-state index in [-0.39, 0.29) is 6.42 Å². The predicted molar refractivity (Wildman–Crippen MR) is 67.5 cm³/mol. The van der Waals surface area contributed by atoms with Crippen molar-refractivity contribution < 1.29 is 9.90 Å². The van der Waals surface area contributed by atoms with Crippen molar-refractivity contribution in [3.8, 4) is 0 Å². The fraction of sp³-hybridized carbons (Fsp3) is 0.462. The molecule has 2 aromatic heterocycles. The van der Waals surface area contributed by atoms with Gasteiger partial charge >= 0.3 is 5.97 Å². The van der Waals surface area contributed by atoms with E-state index in [1.807, 2.05) is 16.8 Å². The maximum absolute atomic E-state index is 10.6. The molecule has 18 heavy (non-hydrogen) atoms. The number of carboxylic acid groups (broad SMARTS) is 1. The van der Waals surface area contributed by atoms with E-state index >= 15 is 0 Å². The largest absolute Gasteiger partial charge is 0.481 e. The van der Waals surface area contributed by atoms with E-state index in [2.05, 4.69) is 23.8 Å². The molecule has 0 amide bonds.